The van der Waals surface area contributed by atoms with Gasteiger partial charge in [-0.3, -0.25) is 9.59 Å². The molecule has 0 bridgehead atoms. The second kappa shape index (κ2) is 7.04. The number of amides is 2. The molecule has 0 aromatic carbocycles. The Kier molecular flexibility index (Phi) is 6.42. The van der Waals surface area contributed by atoms with Crippen molar-refractivity contribution in [2.75, 3.05) is 20.1 Å². The van der Waals surface area contributed by atoms with Crippen LogP contribution < -0.4 is 5.32 Å². The molecule has 0 rings (SSSR count). The molecule has 0 aromatic rings. The number of carbonyl (C=O) groups excluding carboxylic acids is 2. The number of nitrogens with zero attached hydrogens (tertiary/aromatic N) is 1. The second-order valence-corrected chi connectivity index (χ2v) is 3.89. The largest absolute Gasteiger partial charge is 0.354 e. The molecule has 0 atom stereocenters. The van der Waals surface area contributed by atoms with E-state index in [1.54, 1.807) is 20.0 Å². The topological polar surface area (TPSA) is 49.4 Å². The van der Waals surface area contributed by atoms with E-state index in [-0.39, 0.29) is 18.4 Å². The quantitative estimate of drug-likeness (QED) is 0.685. The van der Waals surface area contributed by atoms with Gasteiger partial charge in [-0.25, -0.2) is 0 Å². The molecule has 0 radical (unpaired) electrons. The zero-order valence-corrected chi connectivity index (χ0v) is 9.91. The Hall–Kier alpha value is -1.32. The Morgan fingerprint density at radius 3 is 2.47 bits per heavy atom. The highest BCUT2D eigenvalue weighted by atomic mass is 16.2. The van der Waals surface area contributed by atoms with Crippen LogP contribution in [0.3, 0.4) is 0 Å². The zero-order chi connectivity index (χ0) is 11.8. The zero-order valence-electron chi connectivity index (χ0n) is 9.91. The van der Waals surface area contributed by atoms with Gasteiger partial charge in [-0.1, -0.05) is 19.9 Å². The Morgan fingerprint density at radius 1 is 1.40 bits per heavy atom. The van der Waals surface area contributed by atoms with Crippen molar-refractivity contribution in [2.24, 2.45) is 5.92 Å². The lowest BCUT2D eigenvalue weighted by atomic mass is 10.2. The van der Waals surface area contributed by atoms with Crippen LogP contribution in [0.2, 0.25) is 0 Å². The first-order valence-electron chi connectivity index (χ1n) is 5.11. The van der Waals surface area contributed by atoms with Gasteiger partial charge in [-0.15, -0.1) is 0 Å². The molecule has 0 aliphatic carbocycles. The van der Waals surface area contributed by atoms with Gasteiger partial charge in [0, 0.05) is 13.6 Å². The van der Waals surface area contributed by atoms with E-state index in [1.807, 2.05) is 13.8 Å². The molecule has 86 valence electrons. The summed E-state index contributed by atoms with van der Waals surface area (Å²) in [6, 6.07) is 0. The van der Waals surface area contributed by atoms with E-state index in [2.05, 4.69) is 5.32 Å². The molecule has 2 amide bonds. The number of hydrogen-bond acceptors (Lipinski definition) is 2. The lowest BCUT2D eigenvalue weighted by molar-refractivity contribution is -0.131. The molecule has 4 nitrogen and oxygen atoms in total. The van der Waals surface area contributed by atoms with Crippen LogP contribution in [-0.4, -0.2) is 36.9 Å². The van der Waals surface area contributed by atoms with Gasteiger partial charge in [-0.05, 0) is 18.9 Å². The van der Waals surface area contributed by atoms with E-state index in [4.69, 9.17) is 0 Å². The molecular weight excluding hydrogens is 192 g/mol. The lowest BCUT2D eigenvalue weighted by Gasteiger charge is -2.15. The summed E-state index contributed by atoms with van der Waals surface area (Å²) < 4.78 is 0. The number of likely N-dealkylation sites (N-methyl/N-ethyl adjacent to an activating group) is 1. The van der Waals surface area contributed by atoms with Crippen molar-refractivity contribution in [3.63, 3.8) is 0 Å². The number of carbonyl (C=O) groups is 2. The Morgan fingerprint density at radius 2 is 2.00 bits per heavy atom. The Bertz CT molecular complexity index is 247. The number of rotatable bonds is 5. The monoisotopic (exact) mass is 212 g/mol. The van der Waals surface area contributed by atoms with Gasteiger partial charge < -0.3 is 10.2 Å². The van der Waals surface area contributed by atoms with Gasteiger partial charge in [-0.2, -0.15) is 0 Å². The SMILES string of the molecule is C/C=C/C(=O)N(C)CC(=O)NCC(C)C. The van der Waals surface area contributed by atoms with Crippen LogP contribution in [0, 0.1) is 5.92 Å². The van der Waals surface area contributed by atoms with Crippen molar-refractivity contribution in [1.29, 1.82) is 0 Å². The fourth-order valence-corrected chi connectivity index (χ4v) is 0.937. The maximum Gasteiger partial charge on any atom is 0.246 e. The molecule has 4 heteroatoms. The van der Waals surface area contributed by atoms with Crippen LogP contribution in [0.4, 0.5) is 0 Å². The van der Waals surface area contributed by atoms with Gasteiger partial charge in [0.2, 0.25) is 11.8 Å². The minimum Gasteiger partial charge on any atom is -0.354 e. The van der Waals surface area contributed by atoms with E-state index in [0.717, 1.165) is 0 Å². The standard InChI is InChI=1S/C11H20N2O2/c1-5-6-11(15)13(4)8-10(14)12-7-9(2)3/h5-6,9H,7-8H2,1-4H3,(H,12,14)/b6-5+. The van der Waals surface area contributed by atoms with Gasteiger partial charge in [0.15, 0.2) is 0 Å². The summed E-state index contributed by atoms with van der Waals surface area (Å²) in [6.45, 7) is 6.56. The fraction of sp³-hybridized carbons (Fsp3) is 0.636. The van der Waals surface area contributed by atoms with Crippen molar-refractivity contribution in [3.05, 3.63) is 12.2 Å². The number of nitrogens with one attached hydrogen (secondary N) is 1. The van der Waals surface area contributed by atoms with Crippen molar-refractivity contribution >= 4 is 11.8 Å². The predicted molar refractivity (Wildman–Crippen MR) is 60.3 cm³/mol. The molecule has 0 fully saturated rings. The molecule has 0 heterocycles. The molecular formula is C11H20N2O2. The van der Waals surface area contributed by atoms with Crippen LogP contribution in [-0.2, 0) is 9.59 Å². The maximum absolute atomic E-state index is 11.3. The van der Waals surface area contributed by atoms with Crippen molar-refractivity contribution in [2.45, 2.75) is 20.8 Å². The fourth-order valence-electron chi connectivity index (χ4n) is 0.937. The van der Waals surface area contributed by atoms with Gasteiger partial charge >= 0.3 is 0 Å². The summed E-state index contributed by atoms with van der Waals surface area (Å²) in [5, 5.41) is 2.75. The van der Waals surface area contributed by atoms with Gasteiger partial charge in [0.1, 0.15) is 0 Å². The first-order chi connectivity index (χ1) is 6.97. The third-order valence-electron chi connectivity index (χ3n) is 1.77. The Balaban J connectivity index is 3.91. The van der Waals surface area contributed by atoms with Crippen molar-refractivity contribution < 1.29 is 9.59 Å². The van der Waals surface area contributed by atoms with Gasteiger partial charge in [0.25, 0.3) is 0 Å². The highest BCUT2D eigenvalue weighted by molar-refractivity contribution is 5.90. The molecule has 0 aliphatic heterocycles. The van der Waals surface area contributed by atoms with Crippen molar-refractivity contribution in [1.82, 2.24) is 10.2 Å². The number of allylic oxidation sites excluding steroid dienone is 1. The summed E-state index contributed by atoms with van der Waals surface area (Å²) in [5.74, 6) is 0.145. The first kappa shape index (κ1) is 13.7. The van der Waals surface area contributed by atoms with Crippen LogP contribution in [0.5, 0.6) is 0 Å². The van der Waals surface area contributed by atoms with Crippen LogP contribution in [0.25, 0.3) is 0 Å². The first-order valence-corrected chi connectivity index (χ1v) is 5.11. The minimum atomic E-state index is -0.155. The molecule has 0 aliphatic rings. The summed E-state index contributed by atoms with van der Waals surface area (Å²) in [4.78, 5) is 24.0. The van der Waals surface area contributed by atoms with E-state index >= 15 is 0 Å². The summed E-state index contributed by atoms with van der Waals surface area (Å²) >= 11 is 0. The normalized spacial score (nSPS) is 10.7. The van der Waals surface area contributed by atoms with Crippen molar-refractivity contribution in [3.8, 4) is 0 Å². The van der Waals surface area contributed by atoms with E-state index in [1.165, 1.54) is 11.0 Å². The average Bonchev–Trinajstić information content (AvgIpc) is 2.15. The molecule has 0 aromatic heterocycles. The highest BCUT2D eigenvalue weighted by Crippen LogP contribution is 1.89. The van der Waals surface area contributed by atoms with Crippen LogP contribution in [0.1, 0.15) is 20.8 Å². The third-order valence-corrected chi connectivity index (χ3v) is 1.77. The van der Waals surface area contributed by atoms with Gasteiger partial charge in [0.05, 0.1) is 6.54 Å². The summed E-state index contributed by atoms with van der Waals surface area (Å²) in [6.07, 6.45) is 3.10. The predicted octanol–water partition coefficient (Wildman–Crippen LogP) is 0.793. The molecule has 0 spiro atoms. The summed E-state index contributed by atoms with van der Waals surface area (Å²) in [5.41, 5.74) is 0. The molecule has 0 saturated heterocycles. The molecule has 1 N–H and O–H groups in total. The second-order valence-electron chi connectivity index (χ2n) is 3.89. The molecule has 0 saturated carbocycles. The highest BCUT2D eigenvalue weighted by Gasteiger charge is 2.09. The minimum absolute atomic E-state index is 0.107. The smallest absolute Gasteiger partial charge is 0.246 e. The average molecular weight is 212 g/mol. The number of hydrogen-bond donors (Lipinski definition) is 1. The Labute approximate surface area is 91.3 Å². The maximum atomic E-state index is 11.3. The van der Waals surface area contributed by atoms with E-state index < -0.39 is 0 Å². The van der Waals surface area contributed by atoms with E-state index in [0.29, 0.717) is 12.5 Å². The van der Waals surface area contributed by atoms with Crippen LogP contribution in [0.15, 0.2) is 12.2 Å². The molecule has 15 heavy (non-hydrogen) atoms. The molecule has 0 unspecified atom stereocenters. The van der Waals surface area contributed by atoms with Crippen LogP contribution >= 0.6 is 0 Å². The lowest BCUT2D eigenvalue weighted by Crippen LogP contribution is -2.38. The summed E-state index contributed by atoms with van der Waals surface area (Å²) in [7, 11) is 1.61. The van der Waals surface area contributed by atoms with E-state index in [9.17, 15) is 9.59 Å². The third kappa shape index (κ3) is 6.71.